The summed E-state index contributed by atoms with van der Waals surface area (Å²) in [6.07, 6.45) is 4.61. The molecule has 170 valence electrons. The van der Waals surface area contributed by atoms with E-state index in [1.165, 1.54) is 58.1 Å². The molecule has 0 aromatic heterocycles. The molecule has 0 saturated carbocycles. The van der Waals surface area contributed by atoms with Crippen molar-refractivity contribution in [3.63, 3.8) is 0 Å². The van der Waals surface area contributed by atoms with E-state index in [9.17, 15) is 0 Å². The van der Waals surface area contributed by atoms with Gasteiger partial charge in [-0.15, -0.1) is 82.6 Å². The average molecular weight is 439 g/mol. The van der Waals surface area contributed by atoms with Gasteiger partial charge < -0.3 is 0 Å². The summed E-state index contributed by atoms with van der Waals surface area (Å²) < 4.78 is 0. The molecule has 0 N–H and O–H groups in total. The Hall–Kier alpha value is -1.41. The number of hydrogen-bond donors (Lipinski definition) is 0. The van der Waals surface area contributed by atoms with Gasteiger partial charge in [-0.05, 0) is 25.7 Å². The van der Waals surface area contributed by atoms with Crippen molar-refractivity contribution in [2.75, 3.05) is 0 Å². The Morgan fingerprint density at radius 3 is 1.24 bits per heavy atom. The Kier molecular flexibility index (Phi) is 13.4. The first-order valence-corrected chi connectivity index (χ1v) is 12.4. The van der Waals surface area contributed by atoms with Crippen LogP contribution in [0.2, 0.25) is 0 Å². The molecule has 3 aromatic carbocycles. The molecule has 0 radical (unpaired) electrons. The molecule has 0 saturated heterocycles. The zero-order valence-electron chi connectivity index (χ0n) is 22.9. The molecule has 0 amide bonds. The molecule has 34 heavy (non-hydrogen) atoms. The molecule has 0 bridgehead atoms. The van der Waals surface area contributed by atoms with Gasteiger partial charge in [-0.3, -0.25) is 0 Å². The van der Waals surface area contributed by atoms with Crippen molar-refractivity contribution < 1.29 is 37.7 Å². The van der Waals surface area contributed by atoms with Gasteiger partial charge in [0, 0.05) is 0 Å². The Bertz CT molecular complexity index is 882. The van der Waals surface area contributed by atoms with Gasteiger partial charge in [0.05, 0.1) is 0 Å². The largest absolute Gasteiger partial charge is 1.00 e. The summed E-state index contributed by atoms with van der Waals surface area (Å²) in [5.74, 6) is 4.26. The van der Waals surface area contributed by atoms with E-state index < -0.39 is 0 Å². The Morgan fingerprint density at radius 1 is 0.559 bits per heavy atom. The molecular formula is C32H40Li2. The van der Waals surface area contributed by atoms with Gasteiger partial charge in [0.2, 0.25) is 0 Å². The Labute approximate surface area is 233 Å². The Balaban J connectivity index is 0.00000289. The average Bonchev–Trinajstić information content (AvgIpc) is 2.82. The van der Waals surface area contributed by atoms with Gasteiger partial charge in [-0.2, -0.15) is 0 Å². The standard InChI is InChI=1S/C32H40.2Li/c1-7-23(3)20-31(27-16-12-25(5)13-17-27)29-10-9-11-30(22-29)32(21-24(4)8-2)28-18-14-26(6)15-19-28;;/h9-19,22-24H,7-8,20-21H2,1-6H3;;/q-2;2*+1. The van der Waals surface area contributed by atoms with Crippen LogP contribution in [0.25, 0.3) is 0 Å². The van der Waals surface area contributed by atoms with Crippen molar-refractivity contribution in [1.29, 1.82) is 0 Å². The van der Waals surface area contributed by atoms with Crippen LogP contribution in [0.4, 0.5) is 0 Å². The third kappa shape index (κ3) is 8.37. The van der Waals surface area contributed by atoms with Crippen LogP contribution in [0.3, 0.4) is 0 Å². The molecule has 0 aliphatic heterocycles. The summed E-state index contributed by atoms with van der Waals surface area (Å²) in [7, 11) is 0. The molecule has 3 aromatic rings. The van der Waals surface area contributed by atoms with Crippen molar-refractivity contribution in [3.8, 4) is 0 Å². The quantitative estimate of drug-likeness (QED) is 0.337. The summed E-state index contributed by atoms with van der Waals surface area (Å²) in [6.45, 7) is 13.6. The summed E-state index contributed by atoms with van der Waals surface area (Å²) in [4.78, 5) is 0. The summed E-state index contributed by atoms with van der Waals surface area (Å²) in [5, 5.41) is 0. The monoisotopic (exact) mass is 438 g/mol. The van der Waals surface area contributed by atoms with Crippen LogP contribution in [0, 0.1) is 37.5 Å². The van der Waals surface area contributed by atoms with E-state index in [4.69, 9.17) is 0 Å². The molecule has 0 aliphatic rings. The van der Waals surface area contributed by atoms with Crippen molar-refractivity contribution in [3.05, 3.63) is 118 Å². The van der Waals surface area contributed by atoms with Gasteiger partial charge in [0.1, 0.15) is 0 Å². The fourth-order valence-corrected chi connectivity index (χ4v) is 4.19. The summed E-state index contributed by atoms with van der Waals surface area (Å²) >= 11 is 0. The SMILES string of the molecule is CCC(C)C[C-](c1ccc(C)cc1)c1cccc([C-](CC(C)CC)c2ccc(C)cc2)c1.[Li+].[Li+]. The van der Waals surface area contributed by atoms with Gasteiger partial charge >= 0.3 is 37.7 Å². The van der Waals surface area contributed by atoms with Crippen LogP contribution in [0.1, 0.15) is 86.8 Å². The number of benzene rings is 3. The molecule has 0 spiro atoms. The van der Waals surface area contributed by atoms with E-state index in [1.807, 2.05) is 0 Å². The number of hydrogen-bond acceptors (Lipinski definition) is 0. The van der Waals surface area contributed by atoms with Crippen LogP contribution in [-0.2, 0) is 0 Å². The van der Waals surface area contributed by atoms with Crippen molar-refractivity contribution >= 4 is 0 Å². The van der Waals surface area contributed by atoms with E-state index >= 15 is 0 Å². The smallest absolute Gasteiger partial charge is 0.129 e. The maximum atomic E-state index is 2.44. The number of aryl methyl sites for hydroxylation is 2. The van der Waals surface area contributed by atoms with Gasteiger partial charge in [0.25, 0.3) is 0 Å². The maximum Gasteiger partial charge on any atom is 1.00 e. The van der Waals surface area contributed by atoms with Crippen LogP contribution < -0.4 is 37.7 Å². The molecular weight excluding hydrogens is 398 g/mol. The first-order chi connectivity index (χ1) is 15.4. The zero-order chi connectivity index (χ0) is 23.1. The van der Waals surface area contributed by atoms with Crippen LogP contribution in [0.15, 0.2) is 72.8 Å². The molecule has 3 rings (SSSR count). The van der Waals surface area contributed by atoms with Crippen LogP contribution in [-0.4, -0.2) is 0 Å². The normalized spacial score (nSPS) is 12.2. The number of rotatable bonds is 10. The first kappa shape index (κ1) is 30.6. The second-order valence-electron chi connectivity index (χ2n) is 9.71. The van der Waals surface area contributed by atoms with E-state index in [2.05, 4.69) is 114 Å². The summed E-state index contributed by atoms with van der Waals surface area (Å²) in [5.41, 5.74) is 8.06. The molecule has 0 heterocycles. The van der Waals surface area contributed by atoms with Crippen molar-refractivity contribution in [1.82, 2.24) is 0 Å². The van der Waals surface area contributed by atoms with Gasteiger partial charge in [0.15, 0.2) is 0 Å². The fraction of sp³-hybridized carbons (Fsp3) is 0.375. The third-order valence-electron chi connectivity index (χ3n) is 6.86. The summed E-state index contributed by atoms with van der Waals surface area (Å²) in [6, 6.07) is 27.4. The molecule has 0 aliphatic carbocycles. The van der Waals surface area contributed by atoms with Gasteiger partial charge in [-0.1, -0.05) is 88.8 Å². The zero-order valence-corrected chi connectivity index (χ0v) is 22.9. The predicted octanol–water partition coefficient (Wildman–Crippen LogP) is 3.13. The van der Waals surface area contributed by atoms with Gasteiger partial charge in [-0.25, -0.2) is 0 Å². The van der Waals surface area contributed by atoms with Crippen LogP contribution in [0.5, 0.6) is 0 Å². The predicted molar refractivity (Wildman–Crippen MR) is 140 cm³/mol. The maximum absolute atomic E-state index is 2.44. The fourth-order valence-electron chi connectivity index (χ4n) is 4.19. The second kappa shape index (κ2) is 14.9. The molecule has 2 atom stereocenters. The van der Waals surface area contributed by atoms with E-state index in [0.717, 1.165) is 12.8 Å². The van der Waals surface area contributed by atoms with E-state index in [-0.39, 0.29) is 37.7 Å². The molecule has 0 nitrogen and oxygen atoms in total. The van der Waals surface area contributed by atoms with Crippen molar-refractivity contribution in [2.24, 2.45) is 11.8 Å². The Morgan fingerprint density at radius 2 is 0.912 bits per heavy atom. The van der Waals surface area contributed by atoms with E-state index in [1.54, 1.807) is 0 Å². The topological polar surface area (TPSA) is 0 Å². The minimum Gasteiger partial charge on any atom is -0.129 e. The van der Waals surface area contributed by atoms with Crippen molar-refractivity contribution in [2.45, 2.75) is 67.2 Å². The van der Waals surface area contributed by atoms with Crippen LogP contribution >= 0.6 is 0 Å². The molecule has 2 unspecified atom stereocenters. The molecule has 2 heteroatoms. The van der Waals surface area contributed by atoms with E-state index in [0.29, 0.717) is 11.8 Å². The first-order valence-electron chi connectivity index (χ1n) is 12.4. The second-order valence-corrected chi connectivity index (χ2v) is 9.71. The minimum atomic E-state index is 0. The molecule has 0 fully saturated rings. The third-order valence-corrected chi connectivity index (χ3v) is 6.86. The minimum absolute atomic E-state index is 0.